The predicted molar refractivity (Wildman–Crippen MR) is 44.3 cm³/mol. The summed E-state index contributed by atoms with van der Waals surface area (Å²) in [5.41, 5.74) is 0. The van der Waals surface area contributed by atoms with E-state index in [1.165, 1.54) is 0 Å². The second kappa shape index (κ2) is 3.88. The first-order valence-corrected chi connectivity index (χ1v) is 4.11. The number of aliphatic hydroxyl groups is 1. The molecule has 0 aromatic carbocycles. The van der Waals surface area contributed by atoms with Crippen molar-refractivity contribution in [2.45, 2.75) is 31.5 Å². The third-order valence-electron chi connectivity index (χ3n) is 2.43. The van der Waals surface area contributed by atoms with Crippen LogP contribution >= 0.6 is 0 Å². The Morgan fingerprint density at radius 2 is 2.27 bits per heavy atom. The zero-order valence-corrected chi connectivity index (χ0v) is 6.99. The van der Waals surface area contributed by atoms with Gasteiger partial charge in [-0.15, -0.1) is 6.58 Å². The van der Waals surface area contributed by atoms with Gasteiger partial charge in [-0.25, -0.2) is 0 Å². The minimum Gasteiger partial charge on any atom is -0.390 e. The van der Waals surface area contributed by atoms with E-state index in [1.54, 1.807) is 7.11 Å². The van der Waals surface area contributed by atoms with Crippen LogP contribution in [0.15, 0.2) is 12.7 Å². The highest BCUT2D eigenvalue weighted by Crippen LogP contribution is 2.26. The summed E-state index contributed by atoms with van der Waals surface area (Å²) in [6.45, 7) is 3.72. The zero-order chi connectivity index (χ0) is 8.27. The topological polar surface area (TPSA) is 29.5 Å². The van der Waals surface area contributed by atoms with Crippen LogP contribution in [0.3, 0.4) is 0 Å². The lowest BCUT2D eigenvalue weighted by Gasteiger charge is -2.30. The first-order valence-electron chi connectivity index (χ1n) is 4.11. The number of ether oxygens (including phenoxy) is 1. The van der Waals surface area contributed by atoms with Crippen LogP contribution < -0.4 is 0 Å². The van der Waals surface area contributed by atoms with Crippen molar-refractivity contribution < 1.29 is 9.84 Å². The Labute approximate surface area is 67.9 Å². The zero-order valence-electron chi connectivity index (χ0n) is 6.99. The molecule has 1 saturated carbocycles. The molecule has 3 unspecified atom stereocenters. The SMILES string of the molecule is C=CC1CCC(OC)C(O)C1. The van der Waals surface area contributed by atoms with E-state index in [1.807, 2.05) is 6.08 Å². The van der Waals surface area contributed by atoms with Crippen molar-refractivity contribution >= 4 is 0 Å². The van der Waals surface area contributed by atoms with Crippen LogP contribution in [0.5, 0.6) is 0 Å². The Morgan fingerprint density at radius 3 is 2.73 bits per heavy atom. The van der Waals surface area contributed by atoms with Crippen LogP contribution in [0, 0.1) is 5.92 Å². The molecule has 2 heteroatoms. The van der Waals surface area contributed by atoms with Crippen molar-refractivity contribution in [3.05, 3.63) is 12.7 Å². The third-order valence-corrected chi connectivity index (χ3v) is 2.43. The molecule has 0 aliphatic heterocycles. The number of hydrogen-bond acceptors (Lipinski definition) is 2. The second-order valence-corrected chi connectivity index (χ2v) is 3.15. The summed E-state index contributed by atoms with van der Waals surface area (Å²) in [4.78, 5) is 0. The maximum Gasteiger partial charge on any atom is 0.0830 e. The van der Waals surface area contributed by atoms with Crippen LogP contribution in [-0.4, -0.2) is 24.4 Å². The molecule has 0 aromatic heterocycles. The summed E-state index contributed by atoms with van der Waals surface area (Å²) in [6.07, 6.45) is 4.53. The fourth-order valence-electron chi connectivity index (χ4n) is 1.64. The quantitative estimate of drug-likeness (QED) is 0.611. The predicted octanol–water partition coefficient (Wildman–Crippen LogP) is 1.35. The minimum atomic E-state index is -0.295. The molecule has 1 aliphatic rings. The molecule has 0 radical (unpaired) electrons. The number of allylic oxidation sites excluding steroid dienone is 1. The molecule has 0 bridgehead atoms. The van der Waals surface area contributed by atoms with Crippen molar-refractivity contribution in [3.63, 3.8) is 0 Å². The highest BCUT2D eigenvalue weighted by atomic mass is 16.5. The van der Waals surface area contributed by atoms with E-state index in [9.17, 15) is 5.11 Å². The molecule has 0 saturated heterocycles. The fourth-order valence-corrected chi connectivity index (χ4v) is 1.64. The molecule has 0 spiro atoms. The fraction of sp³-hybridized carbons (Fsp3) is 0.778. The van der Waals surface area contributed by atoms with Crippen molar-refractivity contribution in [1.82, 2.24) is 0 Å². The molecule has 64 valence electrons. The second-order valence-electron chi connectivity index (χ2n) is 3.15. The highest BCUT2D eigenvalue weighted by Gasteiger charge is 2.27. The highest BCUT2D eigenvalue weighted by molar-refractivity contribution is 4.88. The molecular formula is C9H16O2. The van der Waals surface area contributed by atoms with Gasteiger partial charge in [0, 0.05) is 7.11 Å². The van der Waals surface area contributed by atoms with Gasteiger partial charge in [-0.2, -0.15) is 0 Å². The summed E-state index contributed by atoms with van der Waals surface area (Å²) < 4.78 is 5.11. The molecular weight excluding hydrogens is 140 g/mol. The number of methoxy groups -OCH3 is 1. The van der Waals surface area contributed by atoms with E-state index in [2.05, 4.69) is 6.58 Å². The van der Waals surface area contributed by atoms with Gasteiger partial charge in [-0.1, -0.05) is 6.08 Å². The monoisotopic (exact) mass is 156 g/mol. The van der Waals surface area contributed by atoms with Gasteiger partial charge in [-0.3, -0.25) is 0 Å². The van der Waals surface area contributed by atoms with Gasteiger partial charge in [0.25, 0.3) is 0 Å². The minimum absolute atomic E-state index is 0.0474. The van der Waals surface area contributed by atoms with E-state index in [-0.39, 0.29) is 12.2 Å². The number of aliphatic hydroxyl groups excluding tert-OH is 1. The van der Waals surface area contributed by atoms with Gasteiger partial charge in [-0.05, 0) is 25.2 Å². The first kappa shape index (κ1) is 8.75. The Bertz CT molecular complexity index is 134. The first-order chi connectivity index (χ1) is 5.27. The number of rotatable bonds is 2. The van der Waals surface area contributed by atoms with Crippen LogP contribution in [0.1, 0.15) is 19.3 Å². The summed E-state index contributed by atoms with van der Waals surface area (Å²) >= 11 is 0. The molecule has 11 heavy (non-hydrogen) atoms. The molecule has 2 nitrogen and oxygen atoms in total. The summed E-state index contributed by atoms with van der Waals surface area (Å²) in [6, 6.07) is 0. The van der Waals surface area contributed by atoms with Crippen LogP contribution in [0.2, 0.25) is 0 Å². The van der Waals surface area contributed by atoms with E-state index in [4.69, 9.17) is 4.74 Å². The summed E-state index contributed by atoms with van der Waals surface area (Å²) in [5.74, 6) is 0.483. The van der Waals surface area contributed by atoms with Gasteiger partial charge in [0.15, 0.2) is 0 Å². The summed E-state index contributed by atoms with van der Waals surface area (Å²) in [7, 11) is 1.65. The Balaban J connectivity index is 2.40. The lowest BCUT2D eigenvalue weighted by molar-refractivity contribution is -0.0444. The van der Waals surface area contributed by atoms with Crippen molar-refractivity contribution in [1.29, 1.82) is 0 Å². The molecule has 0 aromatic rings. The lowest BCUT2D eigenvalue weighted by Crippen LogP contribution is -2.34. The molecule has 0 heterocycles. The summed E-state index contributed by atoms with van der Waals surface area (Å²) in [5, 5.41) is 9.50. The molecule has 1 rings (SSSR count). The van der Waals surface area contributed by atoms with Gasteiger partial charge in [0.2, 0.25) is 0 Å². The van der Waals surface area contributed by atoms with E-state index >= 15 is 0 Å². The molecule has 0 amide bonds. The smallest absolute Gasteiger partial charge is 0.0830 e. The van der Waals surface area contributed by atoms with Gasteiger partial charge >= 0.3 is 0 Å². The Kier molecular flexibility index (Phi) is 3.09. The maximum absolute atomic E-state index is 9.50. The molecule has 1 N–H and O–H groups in total. The van der Waals surface area contributed by atoms with Crippen LogP contribution in [-0.2, 0) is 4.74 Å². The van der Waals surface area contributed by atoms with Crippen LogP contribution in [0.4, 0.5) is 0 Å². The van der Waals surface area contributed by atoms with Gasteiger partial charge in [0.1, 0.15) is 0 Å². The normalized spacial score (nSPS) is 38.5. The van der Waals surface area contributed by atoms with Gasteiger partial charge in [0.05, 0.1) is 12.2 Å². The van der Waals surface area contributed by atoms with E-state index < -0.39 is 0 Å². The number of hydrogen-bond donors (Lipinski definition) is 1. The Hall–Kier alpha value is -0.340. The van der Waals surface area contributed by atoms with Crippen molar-refractivity contribution in [2.24, 2.45) is 5.92 Å². The standard InChI is InChI=1S/C9H16O2/c1-3-7-4-5-9(11-2)8(10)6-7/h3,7-10H,1,4-6H2,2H3. The largest absolute Gasteiger partial charge is 0.390 e. The molecule has 3 atom stereocenters. The average molecular weight is 156 g/mol. The van der Waals surface area contributed by atoms with E-state index in [0.717, 1.165) is 19.3 Å². The average Bonchev–Trinajstić information content (AvgIpc) is 2.04. The van der Waals surface area contributed by atoms with Crippen molar-refractivity contribution in [2.75, 3.05) is 7.11 Å². The third kappa shape index (κ3) is 2.04. The van der Waals surface area contributed by atoms with Gasteiger partial charge < -0.3 is 9.84 Å². The molecule has 1 aliphatic carbocycles. The maximum atomic E-state index is 9.50. The lowest BCUT2D eigenvalue weighted by atomic mass is 9.85. The van der Waals surface area contributed by atoms with E-state index in [0.29, 0.717) is 5.92 Å². The van der Waals surface area contributed by atoms with Crippen LogP contribution in [0.25, 0.3) is 0 Å². The van der Waals surface area contributed by atoms with Crippen molar-refractivity contribution in [3.8, 4) is 0 Å². The Morgan fingerprint density at radius 1 is 1.55 bits per heavy atom. The molecule has 1 fully saturated rings.